The molecule has 0 atom stereocenters. The normalized spacial score (nSPS) is 11.9. The van der Waals surface area contributed by atoms with Gasteiger partial charge in [0.2, 0.25) is 0 Å². The Balaban J connectivity index is 1.92. The van der Waals surface area contributed by atoms with Crippen LogP contribution < -0.4 is 4.31 Å². The van der Waals surface area contributed by atoms with E-state index < -0.39 is 28.1 Å². The number of benzene rings is 3. The second-order valence-electron chi connectivity index (χ2n) is 8.95. The van der Waals surface area contributed by atoms with Crippen LogP contribution in [0.25, 0.3) is 22.2 Å². The zero-order valence-electron chi connectivity index (χ0n) is 19.8. The molecule has 7 nitrogen and oxygen atoms in total. The summed E-state index contributed by atoms with van der Waals surface area (Å²) in [5.74, 6) is -0.220. The van der Waals surface area contributed by atoms with Crippen molar-refractivity contribution < 1.29 is 17.9 Å². The average Bonchev–Trinajstić information content (AvgIpc) is 2.80. The molecule has 3 aromatic carbocycles. The molecule has 36 heavy (non-hydrogen) atoms. The Kier molecular flexibility index (Phi) is 7.22. The number of nitrogens with zero attached hydrogens (tertiary/aromatic N) is 3. The molecule has 0 radical (unpaired) electrons. The number of anilines is 1. The number of halogens is 2. The summed E-state index contributed by atoms with van der Waals surface area (Å²) in [7, 11) is -4.29. The number of carbonyl (C=O) groups is 1. The first kappa shape index (κ1) is 25.9. The van der Waals surface area contributed by atoms with E-state index >= 15 is 0 Å². The van der Waals surface area contributed by atoms with Crippen LogP contribution in [-0.2, 0) is 19.6 Å². The lowest BCUT2D eigenvalue weighted by Crippen LogP contribution is -2.39. The molecule has 0 saturated carbocycles. The number of sulfonamides is 1. The van der Waals surface area contributed by atoms with E-state index in [9.17, 15) is 13.2 Å². The number of hydrogen-bond donors (Lipinski definition) is 0. The van der Waals surface area contributed by atoms with Crippen molar-refractivity contribution in [3.8, 4) is 11.4 Å². The highest BCUT2D eigenvalue weighted by Crippen LogP contribution is 2.36. The lowest BCUT2D eigenvalue weighted by atomic mass is 10.0. The number of esters is 1. The van der Waals surface area contributed by atoms with Gasteiger partial charge in [0.25, 0.3) is 10.0 Å². The van der Waals surface area contributed by atoms with E-state index in [0.717, 1.165) is 15.3 Å². The third-order valence-corrected chi connectivity index (χ3v) is 7.27. The molecule has 0 aliphatic heterocycles. The minimum atomic E-state index is -4.29. The Labute approximate surface area is 219 Å². The van der Waals surface area contributed by atoms with Crippen LogP contribution in [0, 0.1) is 0 Å². The molecule has 0 aliphatic carbocycles. The van der Waals surface area contributed by atoms with E-state index in [0.29, 0.717) is 11.2 Å². The quantitative estimate of drug-likeness (QED) is 0.271. The summed E-state index contributed by atoms with van der Waals surface area (Å²) in [6, 6.07) is 16.3. The molecule has 186 valence electrons. The van der Waals surface area contributed by atoms with Gasteiger partial charge in [0.05, 0.1) is 10.6 Å². The second-order valence-corrected chi connectivity index (χ2v) is 11.7. The monoisotopic (exact) mass is 543 g/mol. The number of aromatic nitrogens is 2. The van der Waals surface area contributed by atoms with Crippen molar-refractivity contribution in [3.05, 3.63) is 83.1 Å². The summed E-state index contributed by atoms with van der Waals surface area (Å²) in [6.07, 6.45) is 3.26. The first-order valence-electron chi connectivity index (χ1n) is 11.0. The summed E-state index contributed by atoms with van der Waals surface area (Å²) in [5, 5.41) is 1.61. The fourth-order valence-corrected chi connectivity index (χ4v) is 5.89. The van der Waals surface area contributed by atoms with Crippen LogP contribution in [0.15, 0.2) is 78.0 Å². The van der Waals surface area contributed by atoms with Crippen LogP contribution in [-0.4, -0.2) is 36.5 Å². The highest BCUT2D eigenvalue weighted by atomic mass is 35.5. The molecule has 0 N–H and O–H groups in total. The number of fused-ring (bicyclic) bond motifs is 1. The first-order chi connectivity index (χ1) is 17.0. The molecular formula is C26H23Cl2N3O4S. The minimum absolute atomic E-state index is 0.150. The molecule has 0 spiro atoms. The van der Waals surface area contributed by atoms with Crippen molar-refractivity contribution in [1.82, 2.24) is 9.97 Å². The molecular weight excluding hydrogens is 521 g/mol. The van der Waals surface area contributed by atoms with E-state index in [1.165, 1.54) is 18.2 Å². The fourth-order valence-electron chi connectivity index (χ4n) is 3.74. The van der Waals surface area contributed by atoms with Gasteiger partial charge in [-0.1, -0.05) is 53.5 Å². The molecule has 1 aromatic heterocycles. The van der Waals surface area contributed by atoms with Gasteiger partial charge in [0.15, 0.2) is 5.82 Å². The molecule has 0 amide bonds. The van der Waals surface area contributed by atoms with E-state index in [4.69, 9.17) is 27.9 Å². The zero-order valence-corrected chi connectivity index (χ0v) is 22.1. The zero-order chi connectivity index (χ0) is 26.1. The van der Waals surface area contributed by atoms with Gasteiger partial charge in [-0.05, 0) is 56.5 Å². The van der Waals surface area contributed by atoms with Crippen LogP contribution in [0.4, 0.5) is 5.69 Å². The molecule has 0 aliphatic rings. The lowest BCUT2D eigenvalue weighted by Gasteiger charge is -2.27. The summed E-state index contributed by atoms with van der Waals surface area (Å²) in [4.78, 5) is 21.4. The Hall–Kier alpha value is -3.20. The van der Waals surface area contributed by atoms with Crippen LogP contribution in [0.3, 0.4) is 0 Å². The van der Waals surface area contributed by atoms with Gasteiger partial charge in [0.1, 0.15) is 12.1 Å². The van der Waals surface area contributed by atoms with Gasteiger partial charge in [-0.3, -0.25) is 9.10 Å². The number of carbonyl (C=O) groups excluding carboxylic acids is 1. The van der Waals surface area contributed by atoms with Crippen molar-refractivity contribution >= 4 is 55.7 Å². The first-order valence-corrected chi connectivity index (χ1v) is 13.2. The second kappa shape index (κ2) is 10.0. The van der Waals surface area contributed by atoms with Crippen molar-refractivity contribution in [2.45, 2.75) is 31.3 Å². The van der Waals surface area contributed by atoms with E-state index in [2.05, 4.69) is 9.97 Å². The smallest absolute Gasteiger partial charge is 0.327 e. The maximum Gasteiger partial charge on any atom is 0.327 e. The number of ether oxygens (including phenoxy) is 1. The van der Waals surface area contributed by atoms with Crippen molar-refractivity contribution in [2.75, 3.05) is 10.8 Å². The highest BCUT2D eigenvalue weighted by Gasteiger charge is 2.31. The number of hydrogen-bond acceptors (Lipinski definition) is 6. The van der Waals surface area contributed by atoms with E-state index in [1.54, 1.807) is 63.5 Å². The van der Waals surface area contributed by atoms with Gasteiger partial charge in [-0.15, -0.1) is 0 Å². The van der Waals surface area contributed by atoms with Crippen molar-refractivity contribution in [1.29, 1.82) is 0 Å². The fraction of sp³-hybridized carbons (Fsp3) is 0.192. The summed E-state index contributed by atoms with van der Waals surface area (Å²) < 4.78 is 34.3. The summed E-state index contributed by atoms with van der Waals surface area (Å²) >= 11 is 12.2. The molecule has 4 rings (SSSR count). The standard InChI is InChI=1S/C26H23Cl2N3O4S/c1-26(2,3)35-24(32)16-31(36(33,34)19-14-17(27)13-18(28)15-19)23-10-5-7-20-21(23)8-4-9-22(20)25-29-11-6-12-30-25/h4-15H,16H2,1-3H3. The molecule has 0 unspecified atom stereocenters. The van der Waals surface area contributed by atoms with Crippen molar-refractivity contribution in [2.24, 2.45) is 0 Å². The van der Waals surface area contributed by atoms with Crippen LogP contribution >= 0.6 is 23.2 Å². The summed E-state index contributed by atoms with van der Waals surface area (Å²) in [5.41, 5.74) is 0.199. The molecule has 0 saturated heterocycles. The topological polar surface area (TPSA) is 89.5 Å². The van der Waals surface area contributed by atoms with Gasteiger partial charge >= 0.3 is 5.97 Å². The Morgan fingerprint density at radius 3 is 2.17 bits per heavy atom. The highest BCUT2D eigenvalue weighted by molar-refractivity contribution is 7.93. The summed E-state index contributed by atoms with van der Waals surface area (Å²) in [6.45, 7) is 4.58. The molecule has 0 fully saturated rings. The van der Waals surface area contributed by atoms with Crippen molar-refractivity contribution in [3.63, 3.8) is 0 Å². The number of rotatable bonds is 6. The van der Waals surface area contributed by atoms with E-state index in [-0.39, 0.29) is 20.6 Å². The van der Waals surface area contributed by atoms with Gasteiger partial charge in [-0.25, -0.2) is 18.4 Å². The maximum atomic E-state index is 13.9. The maximum absolute atomic E-state index is 13.9. The molecule has 1 heterocycles. The third-order valence-electron chi connectivity index (χ3n) is 5.09. The largest absolute Gasteiger partial charge is 0.459 e. The Morgan fingerprint density at radius 2 is 1.53 bits per heavy atom. The van der Waals surface area contributed by atoms with Crippen LogP contribution in [0.5, 0.6) is 0 Å². The Morgan fingerprint density at radius 1 is 0.917 bits per heavy atom. The minimum Gasteiger partial charge on any atom is -0.459 e. The lowest BCUT2D eigenvalue weighted by molar-refractivity contribution is -0.152. The van der Waals surface area contributed by atoms with Crippen LogP contribution in [0.2, 0.25) is 10.0 Å². The van der Waals surface area contributed by atoms with Gasteiger partial charge < -0.3 is 4.74 Å². The Bertz CT molecular complexity index is 1520. The molecule has 0 bridgehead atoms. The van der Waals surface area contributed by atoms with E-state index in [1.807, 2.05) is 12.1 Å². The van der Waals surface area contributed by atoms with Gasteiger partial charge in [-0.2, -0.15) is 0 Å². The molecule has 10 heteroatoms. The van der Waals surface area contributed by atoms with Crippen LogP contribution in [0.1, 0.15) is 20.8 Å². The van der Waals surface area contributed by atoms with Gasteiger partial charge in [0, 0.05) is 33.4 Å². The predicted octanol–water partition coefficient (Wildman–Crippen LogP) is 6.14. The predicted molar refractivity (Wildman–Crippen MR) is 142 cm³/mol. The molecule has 4 aromatic rings. The average molecular weight is 544 g/mol. The SMILES string of the molecule is CC(C)(C)OC(=O)CN(c1cccc2c(-c3ncccn3)cccc12)S(=O)(=O)c1cc(Cl)cc(Cl)c1. The third kappa shape index (κ3) is 5.61.